The van der Waals surface area contributed by atoms with Gasteiger partial charge >= 0.3 is 0 Å². The van der Waals surface area contributed by atoms with Gasteiger partial charge in [0.25, 0.3) is 0 Å². The zero-order valence-corrected chi connectivity index (χ0v) is 4.46. The van der Waals surface area contributed by atoms with E-state index in [9.17, 15) is 0 Å². The van der Waals surface area contributed by atoms with Gasteiger partial charge in [-0.25, -0.2) is 0 Å². The van der Waals surface area contributed by atoms with Gasteiger partial charge in [0, 0.05) is 18.6 Å². The van der Waals surface area contributed by atoms with Crippen LogP contribution in [-0.2, 0) is 0 Å². The molecule has 0 atom stereocenters. The number of nitrogens with one attached hydrogen (secondary N) is 1. The number of hydrogen-bond acceptors (Lipinski definition) is 4. The molecule has 0 radical (unpaired) electrons. The Labute approximate surface area is 48.0 Å². The van der Waals surface area contributed by atoms with E-state index in [-0.39, 0.29) is 0 Å². The molecule has 8 heavy (non-hydrogen) atoms. The van der Waals surface area contributed by atoms with Crippen LogP contribution >= 0.6 is 0 Å². The minimum absolute atomic E-state index is 0.381. The lowest BCUT2D eigenvalue weighted by Crippen LogP contribution is -2.15. The van der Waals surface area contributed by atoms with Crippen molar-refractivity contribution in [1.82, 2.24) is 5.32 Å². The van der Waals surface area contributed by atoms with Crippen molar-refractivity contribution in [3.8, 4) is 0 Å². The Hall–Kier alpha value is -1.32. The Morgan fingerprint density at radius 2 is 2.00 bits per heavy atom. The molecule has 0 aromatic heterocycles. The topological polar surface area (TPSA) is 90.1 Å². The average molecular weight is 114 g/mol. The first-order valence-electron chi connectivity index (χ1n) is 2.12. The van der Waals surface area contributed by atoms with E-state index in [1.165, 1.54) is 18.6 Å². The number of rotatable bonds is 2. The van der Waals surface area contributed by atoms with Gasteiger partial charge < -0.3 is 22.5 Å². The maximum atomic E-state index is 5.18. The molecule has 0 aromatic rings. The molecule has 4 nitrogen and oxygen atoms in total. The molecule has 0 spiro atoms. The summed E-state index contributed by atoms with van der Waals surface area (Å²) < 4.78 is 0. The van der Waals surface area contributed by atoms with Crippen LogP contribution in [0.15, 0.2) is 24.4 Å². The van der Waals surface area contributed by atoms with E-state index in [2.05, 4.69) is 5.32 Å². The summed E-state index contributed by atoms with van der Waals surface area (Å²) in [5, 5.41) is 2.59. The fourth-order valence-electron chi connectivity index (χ4n) is 0.192. The van der Waals surface area contributed by atoms with E-state index in [0.29, 0.717) is 5.82 Å². The highest BCUT2D eigenvalue weighted by Gasteiger charge is 1.74. The summed E-state index contributed by atoms with van der Waals surface area (Å²) in [5.41, 5.74) is 15.1. The van der Waals surface area contributed by atoms with Crippen LogP contribution in [0.4, 0.5) is 0 Å². The van der Waals surface area contributed by atoms with Gasteiger partial charge in [-0.1, -0.05) is 0 Å². The lowest BCUT2D eigenvalue weighted by Gasteiger charge is -1.94. The van der Waals surface area contributed by atoms with Crippen molar-refractivity contribution in [1.29, 1.82) is 0 Å². The highest BCUT2D eigenvalue weighted by Crippen LogP contribution is 1.67. The summed E-state index contributed by atoms with van der Waals surface area (Å²) in [4.78, 5) is 0. The first kappa shape index (κ1) is 6.68. The Bertz CT molecular complexity index is 105. The molecule has 0 saturated heterocycles. The van der Waals surface area contributed by atoms with E-state index in [0.717, 1.165) is 0 Å². The van der Waals surface area contributed by atoms with Gasteiger partial charge in [0.15, 0.2) is 0 Å². The molecule has 0 heterocycles. The third-order valence-electron chi connectivity index (χ3n) is 0.526. The van der Waals surface area contributed by atoms with Gasteiger partial charge in [-0.3, -0.25) is 0 Å². The van der Waals surface area contributed by atoms with Gasteiger partial charge in [-0.15, -0.1) is 0 Å². The molecule has 4 heteroatoms. The Balaban J connectivity index is 3.40. The van der Waals surface area contributed by atoms with Gasteiger partial charge in [-0.2, -0.15) is 0 Å². The fraction of sp³-hybridized carbons (Fsp3) is 0. The van der Waals surface area contributed by atoms with Crippen LogP contribution < -0.4 is 22.5 Å². The lowest BCUT2D eigenvalue weighted by molar-refractivity contribution is 1.01. The van der Waals surface area contributed by atoms with Crippen molar-refractivity contribution in [2.45, 2.75) is 0 Å². The second-order valence-electron chi connectivity index (χ2n) is 1.13. The van der Waals surface area contributed by atoms with Crippen molar-refractivity contribution in [2.75, 3.05) is 0 Å². The minimum atomic E-state index is 0.381. The molecule has 0 unspecified atom stereocenters. The second kappa shape index (κ2) is 3.86. The van der Waals surface area contributed by atoms with Crippen molar-refractivity contribution >= 4 is 0 Å². The van der Waals surface area contributed by atoms with Crippen molar-refractivity contribution < 1.29 is 0 Å². The van der Waals surface area contributed by atoms with E-state index in [4.69, 9.17) is 17.2 Å². The predicted octanol–water partition coefficient (Wildman–Crippen LogP) is -1.28. The summed E-state index contributed by atoms with van der Waals surface area (Å²) in [6.07, 6.45) is 4.06. The van der Waals surface area contributed by atoms with Crippen LogP contribution in [-0.4, -0.2) is 0 Å². The Kier molecular flexibility index (Phi) is 3.22. The van der Waals surface area contributed by atoms with E-state index in [1.807, 2.05) is 0 Å². The first-order chi connectivity index (χ1) is 3.81. The summed E-state index contributed by atoms with van der Waals surface area (Å²) >= 11 is 0. The van der Waals surface area contributed by atoms with Crippen LogP contribution in [0.5, 0.6) is 0 Å². The normalized spacial score (nSPS) is 12.2. The molecule has 0 amide bonds. The molecule has 0 aliphatic rings. The Morgan fingerprint density at radius 1 is 1.38 bits per heavy atom. The summed E-state index contributed by atoms with van der Waals surface area (Å²) in [5.74, 6) is 0.381. The standard InChI is InChI=1S/C4H10N4/c5-1-2-8-4(7)3-6/h1-3,8H,5-7H2/b2-1+,4-3+. The number of nitrogens with two attached hydrogens (primary N) is 3. The van der Waals surface area contributed by atoms with Crippen LogP contribution in [0.25, 0.3) is 0 Å². The third-order valence-corrected chi connectivity index (χ3v) is 0.526. The smallest absolute Gasteiger partial charge is 0.116 e. The molecular weight excluding hydrogens is 104 g/mol. The van der Waals surface area contributed by atoms with Gasteiger partial charge in [0.2, 0.25) is 0 Å². The second-order valence-corrected chi connectivity index (χ2v) is 1.13. The highest BCUT2D eigenvalue weighted by atomic mass is 15.0. The van der Waals surface area contributed by atoms with Gasteiger partial charge in [0.05, 0.1) is 0 Å². The molecule has 0 fully saturated rings. The summed E-state index contributed by atoms with van der Waals surface area (Å²) in [6.45, 7) is 0. The molecule has 46 valence electrons. The zero-order chi connectivity index (χ0) is 6.41. The maximum Gasteiger partial charge on any atom is 0.116 e. The largest absolute Gasteiger partial charge is 0.403 e. The molecule has 0 aliphatic carbocycles. The average Bonchev–Trinajstić information content (AvgIpc) is 1.83. The van der Waals surface area contributed by atoms with Crippen molar-refractivity contribution in [2.24, 2.45) is 17.2 Å². The molecular formula is C4H10N4. The van der Waals surface area contributed by atoms with Crippen LogP contribution in [0.2, 0.25) is 0 Å². The maximum absolute atomic E-state index is 5.18. The zero-order valence-electron chi connectivity index (χ0n) is 4.46. The number of hydrogen-bond donors (Lipinski definition) is 4. The summed E-state index contributed by atoms with van der Waals surface area (Å²) in [7, 11) is 0. The van der Waals surface area contributed by atoms with Crippen molar-refractivity contribution in [3.63, 3.8) is 0 Å². The highest BCUT2D eigenvalue weighted by molar-refractivity contribution is 4.94. The summed E-state index contributed by atoms with van der Waals surface area (Å²) in [6, 6.07) is 0. The quantitative estimate of drug-likeness (QED) is 0.360. The molecule has 0 aromatic carbocycles. The molecule has 0 saturated carbocycles. The van der Waals surface area contributed by atoms with Crippen LogP contribution in [0, 0.1) is 0 Å². The molecule has 0 aliphatic heterocycles. The molecule has 0 rings (SSSR count). The molecule has 0 bridgehead atoms. The van der Waals surface area contributed by atoms with E-state index >= 15 is 0 Å². The van der Waals surface area contributed by atoms with Crippen molar-refractivity contribution in [3.05, 3.63) is 24.4 Å². The lowest BCUT2D eigenvalue weighted by atomic mass is 10.7. The van der Waals surface area contributed by atoms with Crippen LogP contribution in [0.1, 0.15) is 0 Å². The Morgan fingerprint density at radius 3 is 2.38 bits per heavy atom. The van der Waals surface area contributed by atoms with Crippen LogP contribution in [0.3, 0.4) is 0 Å². The predicted molar refractivity (Wildman–Crippen MR) is 32.9 cm³/mol. The van der Waals surface area contributed by atoms with E-state index < -0.39 is 0 Å². The SMILES string of the molecule is N/C=C/N/C(N)=C/N. The van der Waals surface area contributed by atoms with Gasteiger partial charge in [0.1, 0.15) is 5.82 Å². The monoisotopic (exact) mass is 114 g/mol. The van der Waals surface area contributed by atoms with Gasteiger partial charge in [-0.05, 0) is 0 Å². The first-order valence-corrected chi connectivity index (χ1v) is 2.12. The molecule has 7 N–H and O–H groups in total. The fourth-order valence-corrected chi connectivity index (χ4v) is 0.192. The minimum Gasteiger partial charge on any atom is -0.403 e. The third kappa shape index (κ3) is 2.89. The van der Waals surface area contributed by atoms with E-state index in [1.54, 1.807) is 0 Å².